The monoisotopic (exact) mass is 263 g/mol. The molecular formula is C14H14ClNS. The molecule has 2 N–H and O–H groups in total. The maximum absolute atomic E-state index is 6.25. The highest BCUT2D eigenvalue weighted by Crippen LogP contribution is 2.33. The van der Waals surface area contributed by atoms with Gasteiger partial charge in [-0.1, -0.05) is 47.6 Å². The van der Waals surface area contributed by atoms with Crippen molar-refractivity contribution in [3.63, 3.8) is 0 Å². The normalized spacial score (nSPS) is 10.5. The van der Waals surface area contributed by atoms with Crippen LogP contribution in [0.4, 0.5) is 0 Å². The molecule has 2 rings (SSSR count). The first-order chi connectivity index (χ1) is 8.29. The summed E-state index contributed by atoms with van der Waals surface area (Å²) in [7, 11) is 0. The van der Waals surface area contributed by atoms with Crippen molar-refractivity contribution < 1.29 is 0 Å². The molecule has 0 unspecified atom stereocenters. The topological polar surface area (TPSA) is 26.0 Å². The van der Waals surface area contributed by atoms with E-state index in [1.54, 1.807) is 11.8 Å². The summed E-state index contributed by atoms with van der Waals surface area (Å²) < 4.78 is 0. The van der Waals surface area contributed by atoms with Gasteiger partial charge in [0.25, 0.3) is 0 Å². The Bertz CT molecular complexity index is 485. The Kier molecular flexibility index (Phi) is 4.49. The number of rotatable bonds is 4. The molecule has 0 aliphatic carbocycles. The van der Waals surface area contributed by atoms with Crippen molar-refractivity contribution in [1.29, 1.82) is 0 Å². The zero-order chi connectivity index (χ0) is 12.1. The Hall–Kier alpha value is -0.960. The number of hydrogen-bond donors (Lipinski definition) is 1. The van der Waals surface area contributed by atoms with Crippen LogP contribution in [0.25, 0.3) is 0 Å². The zero-order valence-corrected chi connectivity index (χ0v) is 11.0. The highest BCUT2D eigenvalue weighted by atomic mass is 35.5. The molecule has 3 heteroatoms. The lowest BCUT2D eigenvalue weighted by Crippen LogP contribution is -2.02. The van der Waals surface area contributed by atoms with Gasteiger partial charge in [0.2, 0.25) is 0 Å². The van der Waals surface area contributed by atoms with Gasteiger partial charge in [-0.25, -0.2) is 0 Å². The fourth-order valence-electron chi connectivity index (χ4n) is 1.56. The summed E-state index contributed by atoms with van der Waals surface area (Å²) in [4.78, 5) is 2.28. The number of benzene rings is 2. The van der Waals surface area contributed by atoms with Crippen molar-refractivity contribution in [2.24, 2.45) is 5.73 Å². The standard InChI is InChI=1S/C14H14ClNS/c15-13-10-11(8-9-16)6-7-14(13)17-12-4-2-1-3-5-12/h1-7,10H,8-9,16H2. The van der Waals surface area contributed by atoms with Crippen molar-refractivity contribution in [3.05, 3.63) is 59.1 Å². The molecule has 0 aliphatic rings. The second-order valence-corrected chi connectivity index (χ2v) is 5.24. The molecule has 0 radical (unpaired) electrons. The molecule has 0 spiro atoms. The minimum atomic E-state index is 0.654. The van der Waals surface area contributed by atoms with Gasteiger partial charge in [-0.15, -0.1) is 0 Å². The van der Waals surface area contributed by atoms with E-state index < -0.39 is 0 Å². The average molecular weight is 264 g/mol. The Morgan fingerprint density at radius 1 is 1.06 bits per heavy atom. The van der Waals surface area contributed by atoms with Gasteiger partial charge in [0, 0.05) is 9.79 Å². The van der Waals surface area contributed by atoms with E-state index in [1.807, 2.05) is 24.3 Å². The molecular weight excluding hydrogens is 250 g/mol. The highest BCUT2D eigenvalue weighted by Gasteiger charge is 2.03. The summed E-state index contributed by atoms with van der Waals surface area (Å²) in [6, 6.07) is 16.4. The lowest BCUT2D eigenvalue weighted by atomic mass is 10.1. The minimum absolute atomic E-state index is 0.654. The van der Waals surface area contributed by atoms with E-state index >= 15 is 0 Å². The summed E-state index contributed by atoms with van der Waals surface area (Å²) >= 11 is 7.93. The second kappa shape index (κ2) is 6.10. The summed E-state index contributed by atoms with van der Waals surface area (Å²) in [6.07, 6.45) is 0.871. The van der Waals surface area contributed by atoms with E-state index in [1.165, 1.54) is 10.5 Å². The smallest absolute Gasteiger partial charge is 0.0548 e. The van der Waals surface area contributed by atoms with Crippen LogP contribution in [-0.4, -0.2) is 6.54 Å². The highest BCUT2D eigenvalue weighted by molar-refractivity contribution is 7.99. The SMILES string of the molecule is NCCc1ccc(Sc2ccccc2)c(Cl)c1. The third kappa shape index (κ3) is 3.50. The maximum atomic E-state index is 6.25. The fraction of sp³-hybridized carbons (Fsp3) is 0.143. The lowest BCUT2D eigenvalue weighted by Gasteiger charge is -2.06. The Morgan fingerprint density at radius 3 is 2.47 bits per heavy atom. The average Bonchev–Trinajstić information content (AvgIpc) is 2.34. The first kappa shape index (κ1) is 12.5. The molecule has 0 heterocycles. The van der Waals surface area contributed by atoms with E-state index in [0.29, 0.717) is 6.54 Å². The van der Waals surface area contributed by atoms with Gasteiger partial charge in [0.1, 0.15) is 0 Å². The molecule has 2 aromatic rings. The van der Waals surface area contributed by atoms with Gasteiger partial charge in [-0.05, 0) is 42.8 Å². The number of nitrogens with two attached hydrogens (primary N) is 1. The van der Waals surface area contributed by atoms with Crippen LogP contribution in [-0.2, 0) is 6.42 Å². The van der Waals surface area contributed by atoms with Crippen LogP contribution in [0, 0.1) is 0 Å². The van der Waals surface area contributed by atoms with Crippen LogP contribution in [0.15, 0.2) is 58.3 Å². The van der Waals surface area contributed by atoms with Crippen LogP contribution < -0.4 is 5.73 Å². The van der Waals surface area contributed by atoms with E-state index in [0.717, 1.165) is 16.3 Å². The summed E-state index contributed by atoms with van der Waals surface area (Å²) in [5, 5.41) is 0.796. The van der Waals surface area contributed by atoms with Crippen molar-refractivity contribution >= 4 is 23.4 Å². The Balaban J connectivity index is 2.17. The largest absolute Gasteiger partial charge is 0.330 e. The van der Waals surface area contributed by atoms with Crippen LogP contribution >= 0.6 is 23.4 Å². The molecule has 17 heavy (non-hydrogen) atoms. The molecule has 88 valence electrons. The van der Waals surface area contributed by atoms with Crippen molar-refractivity contribution in [2.75, 3.05) is 6.54 Å². The molecule has 0 bridgehead atoms. The second-order valence-electron chi connectivity index (χ2n) is 3.72. The van der Waals surface area contributed by atoms with Gasteiger partial charge in [0.05, 0.1) is 5.02 Å². The summed E-state index contributed by atoms with van der Waals surface area (Å²) in [6.45, 7) is 0.654. The summed E-state index contributed by atoms with van der Waals surface area (Å²) in [5.41, 5.74) is 6.71. The first-order valence-corrected chi connectivity index (χ1v) is 6.70. The van der Waals surface area contributed by atoms with Gasteiger partial charge < -0.3 is 5.73 Å². The van der Waals surface area contributed by atoms with Crippen LogP contribution in [0.2, 0.25) is 5.02 Å². The van der Waals surface area contributed by atoms with E-state index in [4.69, 9.17) is 17.3 Å². The molecule has 2 aromatic carbocycles. The molecule has 0 amide bonds. The molecule has 1 nitrogen and oxygen atoms in total. The zero-order valence-electron chi connectivity index (χ0n) is 9.40. The Labute approximate surface area is 111 Å². The van der Waals surface area contributed by atoms with Gasteiger partial charge in [0.15, 0.2) is 0 Å². The molecule has 0 fully saturated rings. The molecule has 0 aliphatic heterocycles. The molecule has 0 saturated heterocycles. The lowest BCUT2D eigenvalue weighted by molar-refractivity contribution is 0.966. The van der Waals surface area contributed by atoms with Gasteiger partial charge in [-0.2, -0.15) is 0 Å². The van der Waals surface area contributed by atoms with Crippen LogP contribution in [0.3, 0.4) is 0 Å². The summed E-state index contributed by atoms with van der Waals surface area (Å²) in [5.74, 6) is 0. The van der Waals surface area contributed by atoms with Crippen molar-refractivity contribution in [3.8, 4) is 0 Å². The van der Waals surface area contributed by atoms with E-state index in [9.17, 15) is 0 Å². The molecule has 0 aromatic heterocycles. The first-order valence-electron chi connectivity index (χ1n) is 5.51. The van der Waals surface area contributed by atoms with E-state index in [-0.39, 0.29) is 0 Å². The predicted octanol–water partition coefficient (Wildman–Crippen LogP) is 3.99. The van der Waals surface area contributed by atoms with E-state index in [2.05, 4.69) is 24.3 Å². The third-order valence-electron chi connectivity index (χ3n) is 2.40. The predicted molar refractivity (Wildman–Crippen MR) is 74.8 cm³/mol. The van der Waals surface area contributed by atoms with Crippen molar-refractivity contribution in [2.45, 2.75) is 16.2 Å². The number of hydrogen-bond acceptors (Lipinski definition) is 2. The fourth-order valence-corrected chi connectivity index (χ4v) is 2.72. The van der Waals surface area contributed by atoms with Crippen LogP contribution in [0.5, 0.6) is 0 Å². The molecule has 0 saturated carbocycles. The van der Waals surface area contributed by atoms with Crippen molar-refractivity contribution in [1.82, 2.24) is 0 Å². The minimum Gasteiger partial charge on any atom is -0.330 e. The quantitative estimate of drug-likeness (QED) is 0.903. The maximum Gasteiger partial charge on any atom is 0.0548 e. The molecule has 0 atom stereocenters. The van der Waals surface area contributed by atoms with Crippen LogP contribution in [0.1, 0.15) is 5.56 Å². The van der Waals surface area contributed by atoms with Gasteiger partial charge in [-0.3, -0.25) is 0 Å². The number of halogens is 1. The Morgan fingerprint density at radius 2 is 1.82 bits per heavy atom. The third-order valence-corrected chi connectivity index (χ3v) is 3.91. The van der Waals surface area contributed by atoms with Gasteiger partial charge >= 0.3 is 0 Å².